The third kappa shape index (κ3) is 3.29. The molecule has 0 aliphatic heterocycles. The Morgan fingerprint density at radius 3 is 2.60 bits per heavy atom. The van der Waals surface area contributed by atoms with Crippen LogP contribution in [0.5, 0.6) is 0 Å². The second-order valence-corrected chi connectivity index (χ2v) is 2.33. The van der Waals surface area contributed by atoms with Crippen LogP contribution in [-0.2, 0) is 0 Å². The monoisotopic (exact) mass is 133 g/mol. The molecule has 0 bridgehead atoms. The van der Waals surface area contributed by atoms with Crippen LogP contribution in [0.2, 0.25) is 0 Å². The van der Waals surface area contributed by atoms with Crippen molar-refractivity contribution in [2.45, 2.75) is 19.3 Å². The Bertz CT molecular complexity index is 131. The zero-order valence-corrected chi connectivity index (χ0v) is 6.16. The lowest BCUT2D eigenvalue weighted by molar-refractivity contribution is 1.04. The predicted octanol–water partition coefficient (Wildman–Crippen LogP) is 3.04. The van der Waals surface area contributed by atoms with Crippen molar-refractivity contribution in [3.63, 3.8) is 0 Å². The summed E-state index contributed by atoms with van der Waals surface area (Å²) in [6.07, 6.45) is 18.5. The van der Waals surface area contributed by atoms with E-state index in [4.69, 9.17) is 0 Å². The Morgan fingerprint density at radius 2 is 1.60 bits per heavy atom. The normalized spacial score (nSPS) is 28.8. The first kappa shape index (κ1) is 7.33. The van der Waals surface area contributed by atoms with Crippen molar-refractivity contribution in [2.75, 3.05) is 0 Å². The number of rotatable bonds is 0. The van der Waals surface area contributed by atoms with Crippen LogP contribution >= 0.6 is 0 Å². The van der Waals surface area contributed by atoms with Gasteiger partial charge in [-0.2, -0.15) is 0 Å². The molecule has 0 aromatic rings. The number of allylic oxidation sites excluding steroid dienone is 6. The predicted molar refractivity (Wildman–Crippen MR) is 45.6 cm³/mol. The van der Waals surface area contributed by atoms with E-state index in [2.05, 4.69) is 42.9 Å². The minimum atomic E-state index is 1.07. The molecule has 0 N–H and O–H groups in total. The maximum absolute atomic E-state index is 2.24. The van der Waals surface area contributed by atoms with Crippen LogP contribution in [0.3, 0.4) is 0 Å². The first-order valence-electron chi connectivity index (χ1n) is 3.80. The molecule has 1 aliphatic rings. The van der Waals surface area contributed by atoms with Crippen LogP contribution in [0.4, 0.5) is 0 Å². The Hall–Kier alpha value is -0.780. The van der Waals surface area contributed by atoms with Crippen molar-refractivity contribution >= 4 is 0 Å². The number of hydrogen-bond acceptors (Lipinski definition) is 0. The Balaban J connectivity index is 2.38. The van der Waals surface area contributed by atoms with Gasteiger partial charge in [0.25, 0.3) is 0 Å². The summed E-state index contributed by atoms with van der Waals surface area (Å²) in [6.45, 7) is 0. The Labute approximate surface area is 62.9 Å². The molecule has 1 aliphatic carbocycles. The van der Waals surface area contributed by atoms with Crippen molar-refractivity contribution in [2.24, 2.45) is 0 Å². The molecule has 0 unspecified atom stereocenters. The molecule has 10 heavy (non-hydrogen) atoms. The summed E-state index contributed by atoms with van der Waals surface area (Å²) in [4.78, 5) is 0. The highest BCUT2D eigenvalue weighted by atomic mass is 13.9. The summed E-state index contributed by atoms with van der Waals surface area (Å²) in [5.41, 5.74) is 0. The summed E-state index contributed by atoms with van der Waals surface area (Å²) in [5, 5.41) is 0. The maximum atomic E-state index is 2.24. The van der Waals surface area contributed by atoms with Gasteiger partial charge in [-0.25, -0.2) is 0 Å². The molecule has 0 heterocycles. The minimum absolute atomic E-state index is 1.07. The van der Waals surface area contributed by atoms with Gasteiger partial charge in [-0.1, -0.05) is 36.5 Å². The SMILES string of the molecule is [CH]1/C=C\C=C\CC/C=C/C1. The van der Waals surface area contributed by atoms with E-state index in [0.29, 0.717) is 0 Å². The lowest BCUT2D eigenvalue weighted by atomic mass is 10.2. The van der Waals surface area contributed by atoms with E-state index in [1.807, 2.05) is 0 Å². The van der Waals surface area contributed by atoms with Crippen molar-refractivity contribution in [1.82, 2.24) is 0 Å². The van der Waals surface area contributed by atoms with E-state index >= 15 is 0 Å². The molecule has 0 aromatic carbocycles. The standard InChI is InChI=1S/C10H13/c1-2-4-6-8-10-9-7-5-3-1/h1-5,8,10H,6-7,9H2/b2-1-,5-3+,10-8+. The van der Waals surface area contributed by atoms with Gasteiger partial charge in [-0.05, 0) is 25.7 Å². The highest BCUT2D eigenvalue weighted by Crippen LogP contribution is 1.99. The molecule has 0 atom stereocenters. The van der Waals surface area contributed by atoms with Crippen LogP contribution in [0.15, 0.2) is 36.5 Å². The molecule has 0 saturated carbocycles. The summed E-state index contributed by atoms with van der Waals surface area (Å²) < 4.78 is 0. The van der Waals surface area contributed by atoms with Crippen molar-refractivity contribution < 1.29 is 0 Å². The largest absolute Gasteiger partial charge is 0.0882 e. The zero-order chi connectivity index (χ0) is 7.07. The maximum Gasteiger partial charge on any atom is -0.0130 e. The summed E-state index contributed by atoms with van der Waals surface area (Å²) in [5.74, 6) is 0. The van der Waals surface area contributed by atoms with Gasteiger partial charge in [0.05, 0.1) is 0 Å². The minimum Gasteiger partial charge on any atom is -0.0882 e. The lowest BCUT2D eigenvalue weighted by Crippen LogP contribution is -1.70. The van der Waals surface area contributed by atoms with Gasteiger partial charge in [0, 0.05) is 0 Å². The Kier molecular flexibility index (Phi) is 3.69. The molecular weight excluding hydrogens is 120 g/mol. The van der Waals surface area contributed by atoms with Crippen LogP contribution < -0.4 is 0 Å². The third-order valence-corrected chi connectivity index (χ3v) is 1.43. The average Bonchev–Trinajstić information content (AvgIpc) is 2.01. The van der Waals surface area contributed by atoms with Gasteiger partial charge in [-0.15, -0.1) is 0 Å². The molecule has 0 fully saturated rings. The van der Waals surface area contributed by atoms with Gasteiger partial charge in [0.2, 0.25) is 0 Å². The topological polar surface area (TPSA) is 0 Å². The Morgan fingerprint density at radius 1 is 0.700 bits per heavy atom. The second-order valence-electron chi connectivity index (χ2n) is 2.33. The van der Waals surface area contributed by atoms with Crippen LogP contribution in [0.25, 0.3) is 0 Å². The fraction of sp³-hybridized carbons (Fsp3) is 0.300. The van der Waals surface area contributed by atoms with Crippen molar-refractivity contribution in [3.8, 4) is 0 Å². The van der Waals surface area contributed by atoms with E-state index in [9.17, 15) is 0 Å². The van der Waals surface area contributed by atoms with E-state index < -0.39 is 0 Å². The highest BCUT2D eigenvalue weighted by Gasteiger charge is 1.80. The van der Waals surface area contributed by atoms with Gasteiger partial charge in [0.15, 0.2) is 0 Å². The lowest BCUT2D eigenvalue weighted by Gasteiger charge is -1.89. The van der Waals surface area contributed by atoms with Crippen molar-refractivity contribution in [1.29, 1.82) is 0 Å². The molecule has 0 nitrogen and oxygen atoms in total. The molecule has 0 amide bonds. The molecule has 0 aromatic heterocycles. The summed E-state index contributed by atoms with van der Waals surface area (Å²) in [7, 11) is 0. The molecule has 1 rings (SSSR count). The van der Waals surface area contributed by atoms with Crippen LogP contribution in [0.1, 0.15) is 19.3 Å². The zero-order valence-electron chi connectivity index (χ0n) is 6.16. The smallest absolute Gasteiger partial charge is 0.0130 e. The molecule has 0 spiro atoms. The van der Waals surface area contributed by atoms with Crippen molar-refractivity contribution in [3.05, 3.63) is 42.9 Å². The molecular formula is C10H13. The van der Waals surface area contributed by atoms with Gasteiger partial charge in [-0.3, -0.25) is 0 Å². The fourth-order valence-corrected chi connectivity index (χ4v) is 0.881. The average molecular weight is 133 g/mol. The molecule has 1 radical (unpaired) electrons. The molecule has 53 valence electrons. The first-order chi connectivity index (χ1) is 5.00. The second kappa shape index (κ2) is 5.04. The van der Waals surface area contributed by atoms with Gasteiger partial charge < -0.3 is 0 Å². The fourth-order valence-electron chi connectivity index (χ4n) is 0.881. The van der Waals surface area contributed by atoms with Crippen LogP contribution in [-0.4, -0.2) is 0 Å². The van der Waals surface area contributed by atoms with Gasteiger partial charge >= 0.3 is 0 Å². The molecule has 0 heteroatoms. The highest BCUT2D eigenvalue weighted by molar-refractivity contribution is 5.10. The quantitative estimate of drug-likeness (QED) is 0.445. The van der Waals surface area contributed by atoms with E-state index in [1.165, 1.54) is 12.8 Å². The van der Waals surface area contributed by atoms with E-state index in [0.717, 1.165) is 6.42 Å². The third-order valence-electron chi connectivity index (χ3n) is 1.43. The summed E-state index contributed by atoms with van der Waals surface area (Å²) in [6, 6.07) is 0. The van der Waals surface area contributed by atoms with E-state index in [-0.39, 0.29) is 0 Å². The van der Waals surface area contributed by atoms with Crippen LogP contribution in [0, 0.1) is 6.42 Å². The number of hydrogen-bond donors (Lipinski definition) is 0. The molecule has 0 saturated heterocycles. The first-order valence-corrected chi connectivity index (χ1v) is 3.80. The van der Waals surface area contributed by atoms with E-state index in [1.54, 1.807) is 0 Å². The summed E-state index contributed by atoms with van der Waals surface area (Å²) >= 11 is 0. The van der Waals surface area contributed by atoms with Gasteiger partial charge in [0.1, 0.15) is 0 Å².